The Kier molecular flexibility index (Phi) is 6.26. The van der Waals surface area contributed by atoms with E-state index in [1.165, 1.54) is 0 Å². The molecule has 0 saturated carbocycles. The van der Waals surface area contributed by atoms with Gasteiger partial charge in [0.1, 0.15) is 0 Å². The number of hydrogen-bond donors (Lipinski definition) is 0. The molecule has 0 saturated heterocycles. The molecule has 0 unspecified atom stereocenters. The highest BCUT2D eigenvalue weighted by Gasteiger charge is 1.59. The van der Waals surface area contributed by atoms with Crippen LogP contribution in [0, 0.1) is 0 Å². The minimum absolute atomic E-state index is 1.62. The van der Waals surface area contributed by atoms with Crippen LogP contribution in [0.4, 0.5) is 0 Å². The minimum Gasteiger partial charge on any atom is -0.504 e. The van der Waals surface area contributed by atoms with Crippen molar-refractivity contribution in [3.63, 3.8) is 0 Å². The van der Waals surface area contributed by atoms with E-state index < -0.39 is 0 Å². The molecule has 0 radical (unpaired) electrons. The van der Waals surface area contributed by atoms with Gasteiger partial charge in [-0.15, -0.1) is 0 Å². The fraction of sp³-hybridized carbons (Fsp3) is 0.250. The van der Waals surface area contributed by atoms with Crippen LogP contribution < -0.4 is 0 Å². The second-order valence-corrected chi connectivity index (χ2v) is 1.47. The maximum Gasteiger partial charge on any atom is 0.0824 e. The average Bonchev–Trinajstić information content (AvgIpc) is 1.89. The Balaban J connectivity index is 3.35. The third-order valence-electron chi connectivity index (χ3n) is 0.740. The average molecular weight is 124 g/mol. The third-order valence-corrected chi connectivity index (χ3v) is 0.740. The molecule has 1 heteroatoms. The zero-order valence-corrected chi connectivity index (χ0v) is 5.87. The van der Waals surface area contributed by atoms with Crippen LogP contribution in [0.2, 0.25) is 0 Å². The number of rotatable bonds is 3. The normalized spacial score (nSPS) is 12.2. The van der Waals surface area contributed by atoms with Crippen molar-refractivity contribution in [1.29, 1.82) is 0 Å². The van der Waals surface area contributed by atoms with Crippen LogP contribution >= 0.6 is 0 Å². The summed E-state index contributed by atoms with van der Waals surface area (Å²) in [5.41, 5.74) is 0. The van der Waals surface area contributed by atoms with Gasteiger partial charge in [0.2, 0.25) is 0 Å². The van der Waals surface area contributed by atoms with Crippen LogP contribution in [0.15, 0.2) is 36.6 Å². The van der Waals surface area contributed by atoms with E-state index >= 15 is 0 Å². The number of hydrogen-bond acceptors (Lipinski definition) is 1. The van der Waals surface area contributed by atoms with Crippen molar-refractivity contribution < 1.29 is 4.74 Å². The summed E-state index contributed by atoms with van der Waals surface area (Å²) in [6, 6.07) is 0. The molecule has 0 aliphatic carbocycles. The first-order chi connectivity index (χ1) is 4.41. The lowest BCUT2D eigenvalue weighted by Crippen LogP contribution is -1.60. The van der Waals surface area contributed by atoms with E-state index in [-0.39, 0.29) is 0 Å². The summed E-state index contributed by atoms with van der Waals surface area (Å²) in [5.74, 6) is 0. The highest BCUT2D eigenvalue weighted by atomic mass is 16.5. The van der Waals surface area contributed by atoms with Crippen molar-refractivity contribution >= 4 is 0 Å². The molecule has 0 bridgehead atoms. The van der Waals surface area contributed by atoms with Crippen molar-refractivity contribution in [2.24, 2.45) is 0 Å². The van der Waals surface area contributed by atoms with Gasteiger partial charge in [-0.25, -0.2) is 0 Å². The summed E-state index contributed by atoms with van der Waals surface area (Å²) in [5, 5.41) is 0. The summed E-state index contributed by atoms with van der Waals surface area (Å²) >= 11 is 0. The Labute approximate surface area is 56.3 Å². The van der Waals surface area contributed by atoms with Crippen LogP contribution in [0.5, 0.6) is 0 Å². The Morgan fingerprint density at radius 1 is 1.00 bits per heavy atom. The molecule has 0 atom stereocenters. The van der Waals surface area contributed by atoms with Gasteiger partial charge in [-0.2, -0.15) is 0 Å². The van der Waals surface area contributed by atoms with E-state index in [1.807, 2.05) is 37.3 Å². The maximum atomic E-state index is 4.67. The standard InChI is InChI=1S/C8H12O/c1-3-4-5-6-7-8-9-2/h3-8H,1-2H3/b4-3+,6-5+,8-7+. The molecule has 0 N–H and O–H groups in total. The summed E-state index contributed by atoms with van der Waals surface area (Å²) in [6.07, 6.45) is 11.2. The lowest BCUT2D eigenvalue weighted by molar-refractivity contribution is 0.338. The van der Waals surface area contributed by atoms with Crippen molar-refractivity contribution in [3.8, 4) is 0 Å². The summed E-state index contributed by atoms with van der Waals surface area (Å²) in [6.45, 7) is 1.98. The van der Waals surface area contributed by atoms with Gasteiger partial charge in [-0.1, -0.05) is 24.3 Å². The first-order valence-corrected chi connectivity index (χ1v) is 2.89. The maximum absolute atomic E-state index is 4.67. The molecule has 0 heterocycles. The Bertz CT molecular complexity index is 121. The topological polar surface area (TPSA) is 9.23 Å². The van der Waals surface area contributed by atoms with Crippen LogP contribution in [0.25, 0.3) is 0 Å². The number of ether oxygens (including phenoxy) is 1. The molecule has 0 aliphatic rings. The first kappa shape index (κ1) is 8.02. The summed E-state index contributed by atoms with van der Waals surface area (Å²) in [4.78, 5) is 0. The molecule has 0 aliphatic heterocycles. The molecule has 0 aromatic rings. The summed E-state index contributed by atoms with van der Waals surface area (Å²) in [7, 11) is 1.62. The Morgan fingerprint density at radius 2 is 1.67 bits per heavy atom. The largest absolute Gasteiger partial charge is 0.504 e. The van der Waals surface area contributed by atoms with E-state index in [9.17, 15) is 0 Å². The van der Waals surface area contributed by atoms with Crippen LogP contribution in [0.1, 0.15) is 6.92 Å². The fourth-order valence-electron chi connectivity index (χ4n) is 0.363. The molecule has 50 valence electrons. The van der Waals surface area contributed by atoms with Crippen molar-refractivity contribution in [2.45, 2.75) is 6.92 Å². The molecular weight excluding hydrogens is 112 g/mol. The molecule has 1 nitrogen and oxygen atoms in total. The van der Waals surface area contributed by atoms with E-state index in [1.54, 1.807) is 13.4 Å². The van der Waals surface area contributed by atoms with Gasteiger partial charge < -0.3 is 4.74 Å². The van der Waals surface area contributed by atoms with E-state index in [0.717, 1.165) is 0 Å². The smallest absolute Gasteiger partial charge is 0.0824 e. The first-order valence-electron chi connectivity index (χ1n) is 2.89. The number of allylic oxidation sites excluding steroid dienone is 5. The third kappa shape index (κ3) is 7.02. The molecule has 0 aromatic heterocycles. The predicted molar refractivity (Wildman–Crippen MR) is 40.1 cm³/mol. The Morgan fingerprint density at radius 3 is 2.22 bits per heavy atom. The molecule has 0 amide bonds. The highest BCUT2D eigenvalue weighted by Crippen LogP contribution is 1.78. The zero-order valence-electron chi connectivity index (χ0n) is 5.87. The van der Waals surface area contributed by atoms with Crippen LogP contribution in [-0.2, 0) is 4.74 Å². The van der Waals surface area contributed by atoms with E-state index in [2.05, 4.69) is 4.74 Å². The molecule has 0 spiro atoms. The molecule has 9 heavy (non-hydrogen) atoms. The van der Waals surface area contributed by atoms with Gasteiger partial charge in [-0.3, -0.25) is 0 Å². The van der Waals surface area contributed by atoms with Crippen LogP contribution in [0.3, 0.4) is 0 Å². The van der Waals surface area contributed by atoms with Gasteiger partial charge in [-0.05, 0) is 13.0 Å². The quantitative estimate of drug-likeness (QED) is 0.414. The zero-order chi connectivity index (χ0) is 6.95. The van der Waals surface area contributed by atoms with Gasteiger partial charge in [0.15, 0.2) is 0 Å². The van der Waals surface area contributed by atoms with Crippen molar-refractivity contribution in [3.05, 3.63) is 36.6 Å². The van der Waals surface area contributed by atoms with Crippen molar-refractivity contribution in [1.82, 2.24) is 0 Å². The molecule has 0 rings (SSSR count). The van der Waals surface area contributed by atoms with Crippen LogP contribution in [-0.4, -0.2) is 7.11 Å². The molecule has 0 fully saturated rings. The second-order valence-electron chi connectivity index (χ2n) is 1.47. The SMILES string of the molecule is C/C=C/C=C/C=C/OC. The summed E-state index contributed by atoms with van der Waals surface area (Å²) < 4.78 is 4.67. The molecule has 0 aromatic carbocycles. The van der Waals surface area contributed by atoms with E-state index in [0.29, 0.717) is 0 Å². The van der Waals surface area contributed by atoms with Gasteiger partial charge in [0.25, 0.3) is 0 Å². The van der Waals surface area contributed by atoms with Crippen molar-refractivity contribution in [2.75, 3.05) is 7.11 Å². The predicted octanol–water partition coefficient (Wildman–Crippen LogP) is 2.28. The highest BCUT2D eigenvalue weighted by molar-refractivity contribution is 5.08. The minimum atomic E-state index is 1.62. The van der Waals surface area contributed by atoms with E-state index in [4.69, 9.17) is 0 Å². The lowest BCUT2D eigenvalue weighted by Gasteiger charge is -1.79. The molecular formula is C8H12O. The number of methoxy groups -OCH3 is 1. The van der Waals surface area contributed by atoms with Gasteiger partial charge in [0, 0.05) is 0 Å². The fourth-order valence-corrected chi connectivity index (χ4v) is 0.363. The van der Waals surface area contributed by atoms with Gasteiger partial charge >= 0.3 is 0 Å². The second kappa shape index (κ2) is 7.02. The monoisotopic (exact) mass is 124 g/mol. The Hall–Kier alpha value is -0.980. The lowest BCUT2D eigenvalue weighted by atomic mass is 10.4. The van der Waals surface area contributed by atoms with Gasteiger partial charge in [0.05, 0.1) is 13.4 Å².